The first-order chi connectivity index (χ1) is 12.9. The molecule has 2 rings (SSSR count). The van der Waals surface area contributed by atoms with E-state index in [1.54, 1.807) is 13.8 Å². The van der Waals surface area contributed by atoms with E-state index < -0.39 is 23.9 Å². The molecular weight excluding hydrogens is 354 g/mol. The monoisotopic (exact) mass is 379 g/mol. The predicted octanol–water partition coefficient (Wildman–Crippen LogP) is 1.21. The number of rotatable bonds is 10. The highest BCUT2D eigenvalue weighted by Crippen LogP contribution is 2.29. The van der Waals surface area contributed by atoms with Crippen LogP contribution in [0.3, 0.4) is 0 Å². The van der Waals surface area contributed by atoms with Crippen molar-refractivity contribution in [1.82, 2.24) is 10.3 Å². The number of hydrogen-bond acceptors (Lipinski definition) is 8. The Morgan fingerprint density at radius 3 is 2.56 bits per heavy atom. The van der Waals surface area contributed by atoms with Gasteiger partial charge in [-0.1, -0.05) is 0 Å². The highest BCUT2D eigenvalue weighted by atomic mass is 16.5. The molecule has 9 heteroatoms. The number of carbonyl (C=O) groups excluding carboxylic acids is 3. The third-order valence-corrected chi connectivity index (χ3v) is 3.74. The molecule has 1 heterocycles. The smallest absolute Gasteiger partial charge is 0.328 e. The summed E-state index contributed by atoms with van der Waals surface area (Å²) >= 11 is 0. The molecule has 1 aromatic rings. The summed E-state index contributed by atoms with van der Waals surface area (Å²) in [6.45, 7) is 3.75. The van der Waals surface area contributed by atoms with Crippen molar-refractivity contribution in [3.8, 4) is 5.88 Å². The lowest BCUT2D eigenvalue weighted by molar-refractivity contribution is -0.146. The number of esters is 2. The second-order valence-electron chi connectivity index (χ2n) is 6.03. The predicted molar refractivity (Wildman–Crippen MR) is 96.1 cm³/mol. The van der Waals surface area contributed by atoms with Gasteiger partial charge in [-0.3, -0.25) is 9.59 Å². The number of carbonyl (C=O) groups is 3. The van der Waals surface area contributed by atoms with Gasteiger partial charge in [0, 0.05) is 6.42 Å². The molecule has 1 aromatic heterocycles. The van der Waals surface area contributed by atoms with E-state index in [0.717, 1.165) is 12.8 Å². The fourth-order valence-corrected chi connectivity index (χ4v) is 2.24. The molecule has 1 saturated carbocycles. The highest BCUT2D eigenvalue weighted by molar-refractivity contribution is 5.95. The number of nitrogens with two attached hydrogens (primary N) is 1. The Morgan fingerprint density at radius 1 is 1.22 bits per heavy atom. The summed E-state index contributed by atoms with van der Waals surface area (Å²) < 4.78 is 15.4. The molecule has 0 saturated heterocycles. The first-order valence-corrected chi connectivity index (χ1v) is 9.00. The summed E-state index contributed by atoms with van der Waals surface area (Å²) in [4.78, 5) is 40.3. The number of nitrogens with zero attached hydrogens (tertiary/aromatic N) is 1. The van der Waals surface area contributed by atoms with Crippen molar-refractivity contribution in [3.63, 3.8) is 0 Å². The zero-order valence-electron chi connectivity index (χ0n) is 15.5. The van der Waals surface area contributed by atoms with E-state index in [-0.39, 0.29) is 43.7 Å². The van der Waals surface area contributed by atoms with Crippen LogP contribution in [0.4, 0.5) is 5.69 Å². The van der Waals surface area contributed by atoms with Gasteiger partial charge in [-0.2, -0.15) is 0 Å². The van der Waals surface area contributed by atoms with E-state index in [2.05, 4.69) is 10.3 Å². The van der Waals surface area contributed by atoms with Crippen LogP contribution in [0.25, 0.3) is 0 Å². The molecule has 0 aliphatic heterocycles. The van der Waals surface area contributed by atoms with Gasteiger partial charge in [-0.25, -0.2) is 9.78 Å². The lowest BCUT2D eigenvalue weighted by atomic mass is 10.1. The van der Waals surface area contributed by atoms with Crippen molar-refractivity contribution in [2.24, 2.45) is 0 Å². The lowest BCUT2D eigenvalue weighted by Crippen LogP contribution is -2.42. The van der Waals surface area contributed by atoms with Crippen molar-refractivity contribution in [1.29, 1.82) is 0 Å². The van der Waals surface area contributed by atoms with E-state index in [4.69, 9.17) is 19.9 Å². The summed E-state index contributed by atoms with van der Waals surface area (Å²) in [7, 11) is 0. The molecule has 1 amide bonds. The number of nitrogen functional groups attached to an aromatic ring is 1. The van der Waals surface area contributed by atoms with Crippen molar-refractivity contribution < 1.29 is 28.6 Å². The summed E-state index contributed by atoms with van der Waals surface area (Å²) in [5.41, 5.74) is 6.22. The number of nitrogens with one attached hydrogen (secondary N) is 1. The van der Waals surface area contributed by atoms with E-state index >= 15 is 0 Å². The van der Waals surface area contributed by atoms with E-state index in [1.165, 1.54) is 12.1 Å². The molecule has 0 spiro atoms. The Labute approximate surface area is 157 Å². The van der Waals surface area contributed by atoms with E-state index in [0.29, 0.717) is 5.69 Å². The van der Waals surface area contributed by atoms with Crippen molar-refractivity contribution >= 4 is 23.5 Å². The number of pyridine rings is 1. The van der Waals surface area contributed by atoms with Crippen LogP contribution in [0.1, 0.15) is 50.0 Å². The highest BCUT2D eigenvalue weighted by Gasteiger charge is 2.27. The normalized spacial score (nSPS) is 14.1. The number of anilines is 1. The van der Waals surface area contributed by atoms with Crippen LogP contribution < -0.4 is 15.8 Å². The summed E-state index contributed by atoms with van der Waals surface area (Å²) in [6, 6.07) is 1.98. The molecule has 0 radical (unpaired) electrons. The SMILES string of the molecule is CCOC(=O)CC[C@H](NC(=O)c1ccc(N)c(OC2CC2)n1)C(=O)OCC. The number of aromatic nitrogens is 1. The van der Waals surface area contributed by atoms with Crippen molar-refractivity contribution in [2.45, 2.75) is 51.7 Å². The third-order valence-electron chi connectivity index (χ3n) is 3.74. The Balaban J connectivity index is 2.04. The minimum Gasteiger partial charge on any atom is -0.473 e. The zero-order valence-corrected chi connectivity index (χ0v) is 15.5. The molecule has 3 N–H and O–H groups in total. The Hall–Kier alpha value is -2.84. The van der Waals surface area contributed by atoms with Crippen LogP contribution in [0.5, 0.6) is 5.88 Å². The average molecular weight is 379 g/mol. The van der Waals surface area contributed by atoms with Gasteiger partial charge in [-0.05, 0) is 45.2 Å². The first-order valence-electron chi connectivity index (χ1n) is 9.00. The molecule has 0 unspecified atom stereocenters. The zero-order chi connectivity index (χ0) is 19.8. The van der Waals surface area contributed by atoms with Gasteiger partial charge in [0.1, 0.15) is 17.8 Å². The molecule has 1 fully saturated rings. The summed E-state index contributed by atoms with van der Waals surface area (Å²) in [6.07, 6.45) is 1.97. The van der Waals surface area contributed by atoms with Crippen LogP contribution in [0, 0.1) is 0 Å². The second-order valence-corrected chi connectivity index (χ2v) is 6.03. The van der Waals surface area contributed by atoms with Gasteiger partial charge < -0.3 is 25.3 Å². The van der Waals surface area contributed by atoms with Crippen LogP contribution in [0.2, 0.25) is 0 Å². The third kappa shape index (κ3) is 6.43. The van der Waals surface area contributed by atoms with Crippen molar-refractivity contribution in [3.05, 3.63) is 17.8 Å². The first kappa shape index (κ1) is 20.5. The maximum atomic E-state index is 12.5. The second kappa shape index (κ2) is 9.75. The quantitative estimate of drug-likeness (QED) is 0.580. The minimum absolute atomic E-state index is 0.0250. The fourth-order valence-electron chi connectivity index (χ4n) is 2.24. The topological polar surface area (TPSA) is 130 Å². The van der Waals surface area contributed by atoms with Crippen LogP contribution in [0.15, 0.2) is 12.1 Å². The van der Waals surface area contributed by atoms with Crippen molar-refractivity contribution in [2.75, 3.05) is 18.9 Å². The fraction of sp³-hybridized carbons (Fsp3) is 0.556. The maximum Gasteiger partial charge on any atom is 0.328 e. The minimum atomic E-state index is -0.992. The Bertz CT molecular complexity index is 690. The maximum absolute atomic E-state index is 12.5. The molecular formula is C18H25N3O6. The van der Waals surface area contributed by atoms with Gasteiger partial charge in [0.05, 0.1) is 18.9 Å². The van der Waals surface area contributed by atoms with Gasteiger partial charge in [0.15, 0.2) is 0 Å². The standard InChI is InChI=1S/C18H25N3O6/c1-3-25-15(22)10-9-14(18(24)26-4-2)20-16(23)13-8-7-12(19)17(21-13)27-11-5-6-11/h7-8,11,14H,3-6,9-10,19H2,1-2H3,(H,20,23)/t14-/m0/s1. The average Bonchev–Trinajstić information content (AvgIpc) is 3.44. The molecule has 0 bridgehead atoms. The van der Waals surface area contributed by atoms with Gasteiger partial charge in [-0.15, -0.1) is 0 Å². The number of hydrogen-bond donors (Lipinski definition) is 2. The molecule has 27 heavy (non-hydrogen) atoms. The van der Waals surface area contributed by atoms with Gasteiger partial charge in [0.2, 0.25) is 5.88 Å². The molecule has 1 atom stereocenters. The number of ether oxygens (including phenoxy) is 3. The molecule has 1 aliphatic carbocycles. The van der Waals surface area contributed by atoms with Gasteiger partial charge >= 0.3 is 11.9 Å². The molecule has 0 aromatic carbocycles. The van der Waals surface area contributed by atoms with Crippen LogP contribution in [-0.2, 0) is 19.1 Å². The number of amides is 1. The van der Waals surface area contributed by atoms with E-state index in [9.17, 15) is 14.4 Å². The summed E-state index contributed by atoms with van der Waals surface area (Å²) in [5.74, 6) is -1.46. The molecule has 1 aliphatic rings. The Kier molecular flexibility index (Phi) is 7.39. The lowest BCUT2D eigenvalue weighted by Gasteiger charge is -2.17. The van der Waals surface area contributed by atoms with Crippen LogP contribution >= 0.6 is 0 Å². The summed E-state index contributed by atoms with van der Waals surface area (Å²) in [5, 5.41) is 2.55. The van der Waals surface area contributed by atoms with Gasteiger partial charge in [0.25, 0.3) is 5.91 Å². The Morgan fingerprint density at radius 2 is 1.93 bits per heavy atom. The molecule has 9 nitrogen and oxygen atoms in total. The molecule has 148 valence electrons. The van der Waals surface area contributed by atoms with E-state index in [1.807, 2.05) is 0 Å². The van der Waals surface area contributed by atoms with Crippen LogP contribution in [-0.4, -0.2) is 48.2 Å². The largest absolute Gasteiger partial charge is 0.473 e.